The van der Waals surface area contributed by atoms with Gasteiger partial charge in [0.05, 0.1) is 18.5 Å². The predicted octanol–water partition coefficient (Wildman–Crippen LogP) is 2.30. The van der Waals surface area contributed by atoms with Gasteiger partial charge < -0.3 is 10.1 Å². The Kier molecular flexibility index (Phi) is 3.99. The van der Waals surface area contributed by atoms with Crippen molar-refractivity contribution in [3.63, 3.8) is 0 Å². The van der Waals surface area contributed by atoms with Crippen molar-refractivity contribution in [3.05, 3.63) is 36.0 Å². The Morgan fingerprint density at radius 2 is 2.00 bits per heavy atom. The third kappa shape index (κ3) is 2.54. The van der Waals surface area contributed by atoms with E-state index in [1.54, 1.807) is 7.11 Å². The molecule has 2 rings (SSSR count). The van der Waals surface area contributed by atoms with Crippen molar-refractivity contribution in [2.75, 3.05) is 14.2 Å². The maximum absolute atomic E-state index is 5.17. The smallest absolute Gasteiger partial charge is 0.118 e. The highest BCUT2D eigenvalue weighted by Gasteiger charge is 2.08. The Morgan fingerprint density at radius 1 is 1.28 bits per heavy atom. The van der Waals surface area contributed by atoms with Crippen LogP contribution in [-0.2, 0) is 13.1 Å². The molecule has 0 aliphatic carbocycles. The van der Waals surface area contributed by atoms with Crippen molar-refractivity contribution in [3.8, 4) is 17.0 Å². The van der Waals surface area contributed by atoms with Crippen LogP contribution in [0.15, 0.2) is 30.3 Å². The summed E-state index contributed by atoms with van der Waals surface area (Å²) in [5.74, 6) is 0.872. The minimum Gasteiger partial charge on any atom is -0.497 e. The van der Waals surface area contributed by atoms with Crippen LogP contribution in [0.2, 0.25) is 0 Å². The van der Waals surface area contributed by atoms with Gasteiger partial charge in [0, 0.05) is 18.7 Å². The average molecular weight is 245 g/mol. The molecule has 1 heterocycles. The van der Waals surface area contributed by atoms with Crippen molar-refractivity contribution >= 4 is 0 Å². The van der Waals surface area contributed by atoms with Crippen LogP contribution >= 0.6 is 0 Å². The molecule has 0 spiro atoms. The van der Waals surface area contributed by atoms with E-state index in [2.05, 4.69) is 35.5 Å². The van der Waals surface area contributed by atoms with Gasteiger partial charge in [0.1, 0.15) is 5.75 Å². The van der Waals surface area contributed by atoms with Crippen LogP contribution in [0.25, 0.3) is 11.3 Å². The summed E-state index contributed by atoms with van der Waals surface area (Å²) in [5, 5.41) is 7.68. The van der Waals surface area contributed by atoms with E-state index in [0.717, 1.165) is 35.8 Å². The van der Waals surface area contributed by atoms with Gasteiger partial charge in [-0.25, -0.2) is 0 Å². The van der Waals surface area contributed by atoms with Crippen LogP contribution in [0.3, 0.4) is 0 Å². The number of methoxy groups -OCH3 is 1. The van der Waals surface area contributed by atoms with E-state index in [1.165, 1.54) is 0 Å². The number of benzene rings is 1. The molecule has 18 heavy (non-hydrogen) atoms. The highest BCUT2D eigenvalue weighted by molar-refractivity contribution is 5.61. The van der Waals surface area contributed by atoms with E-state index in [0.29, 0.717) is 0 Å². The van der Waals surface area contributed by atoms with Crippen LogP contribution in [0.1, 0.15) is 12.6 Å². The van der Waals surface area contributed by atoms with Crippen molar-refractivity contribution < 1.29 is 4.74 Å². The minimum absolute atomic E-state index is 0.788. The Hall–Kier alpha value is -1.81. The monoisotopic (exact) mass is 245 g/mol. The first-order chi connectivity index (χ1) is 8.78. The molecule has 0 radical (unpaired) electrons. The maximum Gasteiger partial charge on any atom is 0.118 e. The van der Waals surface area contributed by atoms with E-state index in [4.69, 9.17) is 4.74 Å². The molecule has 0 saturated heterocycles. The molecule has 0 aliphatic heterocycles. The first-order valence-corrected chi connectivity index (χ1v) is 6.14. The van der Waals surface area contributed by atoms with Crippen molar-refractivity contribution in [2.45, 2.75) is 20.0 Å². The van der Waals surface area contributed by atoms with Gasteiger partial charge in [0.25, 0.3) is 0 Å². The number of hydrogen-bond acceptors (Lipinski definition) is 3. The molecule has 1 aromatic heterocycles. The van der Waals surface area contributed by atoms with E-state index >= 15 is 0 Å². The molecular formula is C14H19N3O. The molecule has 2 aromatic rings. The van der Waals surface area contributed by atoms with E-state index in [9.17, 15) is 0 Å². The standard InChI is InChI=1S/C14H19N3O/c1-4-17-14(9-12(16-17)10-15-2)11-5-7-13(18-3)8-6-11/h5-9,15H,4,10H2,1-3H3. The number of aryl methyl sites for hydroxylation is 1. The molecule has 1 aromatic carbocycles. The normalized spacial score (nSPS) is 10.6. The summed E-state index contributed by atoms with van der Waals surface area (Å²) in [7, 11) is 3.61. The Bertz CT molecular complexity index is 502. The SMILES string of the molecule is CCn1nc(CNC)cc1-c1ccc(OC)cc1. The third-order valence-corrected chi connectivity index (χ3v) is 2.87. The Balaban J connectivity index is 2.35. The van der Waals surface area contributed by atoms with Crippen molar-refractivity contribution in [2.24, 2.45) is 0 Å². The molecule has 0 bridgehead atoms. The number of hydrogen-bond donors (Lipinski definition) is 1. The lowest BCUT2D eigenvalue weighted by atomic mass is 10.1. The Labute approximate surface area is 108 Å². The highest BCUT2D eigenvalue weighted by Crippen LogP contribution is 2.23. The lowest BCUT2D eigenvalue weighted by molar-refractivity contribution is 0.415. The van der Waals surface area contributed by atoms with Gasteiger partial charge in [-0.05, 0) is 44.3 Å². The van der Waals surface area contributed by atoms with Gasteiger partial charge in [0.15, 0.2) is 0 Å². The van der Waals surface area contributed by atoms with Gasteiger partial charge >= 0.3 is 0 Å². The molecular weight excluding hydrogens is 226 g/mol. The lowest BCUT2D eigenvalue weighted by Gasteiger charge is -2.05. The van der Waals surface area contributed by atoms with Gasteiger partial charge in [-0.3, -0.25) is 4.68 Å². The molecule has 1 N–H and O–H groups in total. The fourth-order valence-corrected chi connectivity index (χ4v) is 1.97. The molecule has 0 saturated carbocycles. The number of rotatable bonds is 5. The fourth-order valence-electron chi connectivity index (χ4n) is 1.97. The summed E-state index contributed by atoms with van der Waals surface area (Å²) in [6.45, 7) is 3.75. The second-order valence-electron chi connectivity index (χ2n) is 4.10. The minimum atomic E-state index is 0.788. The average Bonchev–Trinajstić information content (AvgIpc) is 2.82. The van der Waals surface area contributed by atoms with Gasteiger partial charge in [-0.2, -0.15) is 5.10 Å². The van der Waals surface area contributed by atoms with Crippen LogP contribution in [-0.4, -0.2) is 23.9 Å². The van der Waals surface area contributed by atoms with E-state index < -0.39 is 0 Å². The number of aromatic nitrogens is 2. The third-order valence-electron chi connectivity index (χ3n) is 2.87. The number of ether oxygens (including phenoxy) is 1. The molecule has 96 valence electrons. The highest BCUT2D eigenvalue weighted by atomic mass is 16.5. The molecule has 4 nitrogen and oxygen atoms in total. The molecule has 0 amide bonds. The van der Waals surface area contributed by atoms with Gasteiger partial charge in [0.2, 0.25) is 0 Å². The summed E-state index contributed by atoms with van der Waals surface area (Å²) in [5.41, 5.74) is 3.36. The molecule has 0 unspecified atom stereocenters. The van der Waals surface area contributed by atoms with Crippen LogP contribution in [0.5, 0.6) is 5.75 Å². The number of nitrogens with zero attached hydrogens (tertiary/aromatic N) is 2. The molecule has 4 heteroatoms. The van der Waals surface area contributed by atoms with Gasteiger partial charge in [-0.15, -0.1) is 0 Å². The zero-order valence-electron chi connectivity index (χ0n) is 11.1. The second-order valence-corrected chi connectivity index (χ2v) is 4.10. The van der Waals surface area contributed by atoms with Gasteiger partial charge in [-0.1, -0.05) is 0 Å². The summed E-state index contributed by atoms with van der Waals surface area (Å²) < 4.78 is 7.20. The summed E-state index contributed by atoms with van der Waals surface area (Å²) in [4.78, 5) is 0. The maximum atomic E-state index is 5.17. The first kappa shape index (κ1) is 12.6. The zero-order valence-corrected chi connectivity index (χ0v) is 11.1. The summed E-state index contributed by atoms with van der Waals surface area (Å²) >= 11 is 0. The molecule has 0 atom stereocenters. The van der Waals surface area contributed by atoms with Crippen LogP contribution in [0.4, 0.5) is 0 Å². The van der Waals surface area contributed by atoms with E-state index in [-0.39, 0.29) is 0 Å². The van der Waals surface area contributed by atoms with Crippen LogP contribution < -0.4 is 10.1 Å². The molecule has 0 aliphatic rings. The molecule has 0 fully saturated rings. The summed E-state index contributed by atoms with van der Waals surface area (Å²) in [6, 6.07) is 10.2. The number of nitrogens with one attached hydrogen (secondary N) is 1. The largest absolute Gasteiger partial charge is 0.497 e. The van der Waals surface area contributed by atoms with E-state index in [1.807, 2.05) is 23.9 Å². The quantitative estimate of drug-likeness (QED) is 0.878. The summed E-state index contributed by atoms with van der Waals surface area (Å²) in [6.07, 6.45) is 0. The van der Waals surface area contributed by atoms with Crippen molar-refractivity contribution in [1.29, 1.82) is 0 Å². The topological polar surface area (TPSA) is 39.1 Å². The Morgan fingerprint density at radius 3 is 2.56 bits per heavy atom. The van der Waals surface area contributed by atoms with Crippen LogP contribution in [0, 0.1) is 0 Å². The predicted molar refractivity (Wildman–Crippen MR) is 72.7 cm³/mol. The van der Waals surface area contributed by atoms with Crippen molar-refractivity contribution in [1.82, 2.24) is 15.1 Å². The first-order valence-electron chi connectivity index (χ1n) is 6.14. The zero-order chi connectivity index (χ0) is 13.0. The second kappa shape index (κ2) is 5.69. The fraction of sp³-hybridized carbons (Fsp3) is 0.357. The lowest BCUT2D eigenvalue weighted by Crippen LogP contribution is -2.06.